The van der Waals surface area contributed by atoms with E-state index in [9.17, 15) is 9.90 Å². The minimum atomic E-state index is -0.901. The van der Waals surface area contributed by atoms with Gasteiger partial charge in [-0.25, -0.2) is 4.98 Å². The lowest BCUT2D eigenvalue weighted by atomic mass is 9.96. The quantitative estimate of drug-likeness (QED) is 0.910. The van der Waals surface area contributed by atoms with Gasteiger partial charge < -0.3 is 9.84 Å². The highest BCUT2D eigenvalue weighted by Gasteiger charge is 2.23. The lowest BCUT2D eigenvalue weighted by Crippen LogP contribution is -2.16. The Labute approximate surface area is 125 Å². The highest BCUT2D eigenvalue weighted by molar-refractivity contribution is 9.10. The minimum absolute atomic E-state index is 0.372. The molecule has 0 aliphatic rings. The van der Waals surface area contributed by atoms with Crippen LogP contribution in [0.2, 0.25) is 0 Å². The molecule has 0 amide bonds. The van der Waals surface area contributed by atoms with Crippen LogP contribution in [-0.4, -0.2) is 23.2 Å². The van der Waals surface area contributed by atoms with Gasteiger partial charge in [0.1, 0.15) is 5.92 Å². The Hall–Kier alpha value is -1.88. The van der Waals surface area contributed by atoms with Crippen molar-refractivity contribution in [3.63, 3.8) is 0 Å². The van der Waals surface area contributed by atoms with Crippen molar-refractivity contribution in [2.75, 3.05) is 7.11 Å². The summed E-state index contributed by atoms with van der Waals surface area (Å²) in [5.41, 5.74) is 1.43. The molecule has 1 unspecified atom stereocenters. The standard InChI is InChI=1S/C15H14BrNO3/c1-20-14-8-4-7-13(17-14)11(15(18)19)9-10-5-2-3-6-12(10)16/h2-8,11H,9H2,1H3,(H,18,19). The van der Waals surface area contributed by atoms with Gasteiger partial charge in [0, 0.05) is 10.5 Å². The van der Waals surface area contributed by atoms with Crippen LogP contribution in [0.1, 0.15) is 17.2 Å². The van der Waals surface area contributed by atoms with E-state index < -0.39 is 11.9 Å². The van der Waals surface area contributed by atoms with Gasteiger partial charge in [0.05, 0.1) is 12.8 Å². The predicted octanol–water partition coefficient (Wildman–Crippen LogP) is 3.26. The van der Waals surface area contributed by atoms with Crippen molar-refractivity contribution in [3.05, 3.63) is 58.2 Å². The lowest BCUT2D eigenvalue weighted by molar-refractivity contribution is -0.138. The summed E-state index contributed by atoms with van der Waals surface area (Å²) >= 11 is 3.44. The second-order valence-electron chi connectivity index (χ2n) is 4.29. The highest BCUT2D eigenvalue weighted by atomic mass is 79.9. The van der Waals surface area contributed by atoms with Crippen LogP contribution in [0.3, 0.4) is 0 Å². The van der Waals surface area contributed by atoms with Crippen molar-refractivity contribution in [3.8, 4) is 5.88 Å². The second kappa shape index (κ2) is 6.52. The van der Waals surface area contributed by atoms with Crippen molar-refractivity contribution in [1.29, 1.82) is 0 Å². The van der Waals surface area contributed by atoms with E-state index in [4.69, 9.17) is 4.74 Å². The van der Waals surface area contributed by atoms with Crippen LogP contribution in [0.4, 0.5) is 0 Å². The van der Waals surface area contributed by atoms with E-state index >= 15 is 0 Å². The Bertz CT molecular complexity index is 616. The van der Waals surface area contributed by atoms with Gasteiger partial charge in [-0.05, 0) is 24.1 Å². The lowest BCUT2D eigenvalue weighted by Gasteiger charge is -2.13. The number of hydrogen-bond acceptors (Lipinski definition) is 3. The monoisotopic (exact) mass is 335 g/mol. The molecule has 0 saturated heterocycles. The number of aliphatic carboxylic acids is 1. The number of ether oxygens (including phenoxy) is 1. The number of carboxylic acid groups (broad SMARTS) is 1. The number of carboxylic acids is 1. The molecule has 5 heteroatoms. The maximum absolute atomic E-state index is 11.5. The fourth-order valence-corrected chi connectivity index (χ4v) is 2.39. The number of carbonyl (C=O) groups is 1. The van der Waals surface area contributed by atoms with Crippen LogP contribution in [0.25, 0.3) is 0 Å². The van der Waals surface area contributed by atoms with E-state index in [0.29, 0.717) is 18.0 Å². The summed E-state index contributed by atoms with van der Waals surface area (Å²) in [5.74, 6) is -1.19. The van der Waals surface area contributed by atoms with Crippen LogP contribution in [0.5, 0.6) is 5.88 Å². The van der Waals surface area contributed by atoms with Gasteiger partial charge in [0.15, 0.2) is 0 Å². The number of methoxy groups -OCH3 is 1. The number of halogens is 1. The Morgan fingerprint density at radius 2 is 2.05 bits per heavy atom. The first kappa shape index (κ1) is 14.5. The average Bonchev–Trinajstić information content (AvgIpc) is 2.46. The molecule has 1 N–H and O–H groups in total. The van der Waals surface area contributed by atoms with Gasteiger partial charge in [0.2, 0.25) is 5.88 Å². The number of pyridine rings is 1. The zero-order valence-corrected chi connectivity index (χ0v) is 12.5. The normalized spacial score (nSPS) is 11.9. The molecule has 0 radical (unpaired) electrons. The molecule has 0 aliphatic carbocycles. The Morgan fingerprint density at radius 1 is 1.30 bits per heavy atom. The van der Waals surface area contributed by atoms with Crippen LogP contribution in [-0.2, 0) is 11.2 Å². The fourth-order valence-electron chi connectivity index (χ4n) is 1.94. The smallest absolute Gasteiger partial charge is 0.312 e. The molecule has 0 saturated carbocycles. The summed E-state index contributed by atoms with van der Waals surface area (Å²) in [5, 5.41) is 9.45. The number of aromatic nitrogens is 1. The molecule has 0 spiro atoms. The Kier molecular flexibility index (Phi) is 4.74. The van der Waals surface area contributed by atoms with Crippen molar-refractivity contribution in [2.24, 2.45) is 0 Å². The summed E-state index contributed by atoms with van der Waals surface area (Å²) in [6, 6.07) is 12.7. The molecular formula is C15H14BrNO3. The zero-order chi connectivity index (χ0) is 14.5. The molecule has 0 bridgehead atoms. The summed E-state index contributed by atoms with van der Waals surface area (Å²) in [6.07, 6.45) is 0.372. The van der Waals surface area contributed by atoms with Gasteiger partial charge in [-0.2, -0.15) is 0 Å². The first-order valence-corrected chi connectivity index (χ1v) is 6.88. The summed E-state index contributed by atoms with van der Waals surface area (Å²) in [6.45, 7) is 0. The third-order valence-corrected chi connectivity index (χ3v) is 3.76. The van der Waals surface area contributed by atoms with Gasteiger partial charge in [-0.3, -0.25) is 4.79 Å². The van der Waals surface area contributed by atoms with Gasteiger partial charge in [-0.1, -0.05) is 40.2 Å². The average molecular weight is 336 g/mol. The highest BCUT2D eigenvalue weighted by Crippen LogP contribution is 2.25. The van der Waals surface area contributed by atoms with E-state index in [1.54, 1.807) is 18.2 Å². The number of benzene rings is 1. The largest absolute Gasteiger partial charge is 0.481 e. The van der Waals surface area contributed by atoms with E-state index in [2.05, 4.69) is 20.9 Å². The Morgan fingerprint density at radius 3 is 2.70 bits per heavy atom. The molecule has 0 aliphatic heterocycles. The SMILES string of the molecule is COc1cccc(C(Cc2ccccc2Br)C(=O)O)n1. The molecule has 1 atom stereocenters. The first-order chi connectivity index (χ1) is 9.61. The van der Waals surface area contributed by atoms with Crippen LogP contribution in [0, 0.1) is 0 Å². The number of rotatable bonds is 5. The van der Waals surface area contributed by atoms with Crippen molar-refractivity contribution >= 4 is 21.9 Å². The van der Waals surface area contributed by atoms with E-state index in [-0.39, 0.29) is 0 Å². The van der Waals surface area contributed by atoms with Crippen molar-refractivity contribution in [1.82, 2.24) is 4.98 Å². The molecule has 1 aromatic carbocycles. The van der Waals surface area contributed by atoms with Crippen molar-refractivity contribution in [2.45, 2.75) is 12.3 Å². The van der Waals surface area contributed by atoms with E-state index in [1.165, 1.54) is 7.11 Å². The van der Waals surface area contributed by atoms with E-state index in [0.717, 1.165) is 10.0 Å². The van der Waals surface area contributed by atoms with Crippen LogP contribution < -0.4 is 4.74 Å². The molecule has 4 nitrogen and oxygen atoms in total. The molecule has 20 heavy (non-hydrogen) atoms. The molecule has 2 rings (SSSR count). The maximum Gasteiger partial charge on any atom is 0.312 e. The summed E-state index contributed by atoms with van der Waals surface area (Å²) in [7, 11) is 1.51. The maximum atomic E-state index is 11.5. The topological polar surface area (TPSA) is 59.4 Å². The molecule has 1 heterocycles. The van der Waals surface area contributed by atoms with E-state index in [1.807, 2.05) is 24.3 Å². The molecule has 1 aromatic heterocycles. The molecule has 0 fully saturated rings. The zero-order valence-electron chi connectivity index (χ0n) is 10.9. The number of nitrogens with zero attached hydrogens (tertiary/aromatic N) is 1. The van der Waals surface area contributed by atoms with Crippen LogP contribution >= 0.6 is 15.9 Å². The molecular weight excluding hydrogens is 322 g/mol. The molecule has 2 aromatic rings. The van der Waals surface area contributed by atoms with Gasteiger partial charge in [0.25, 0.3) is 0 Å². The fraction of sp³-hybridized carbons (Fsp3) is 0.200. The minimum Gasteiger partial charge on any atom is -0.481 e. The third kappa shape index (κ3) is 3.36. The Balaban J connectivity index is 2.32. The summed E-state index contributed by atoms with van der Waals surface area (Å²) < 4.78 is 5.94. The first-order valence-electron chi connectivity index (χ1n) is 6.09. The predicted molar refractivity (Wildman–Crippen MR) is 79.0 cm³/mol. The number of hydrogen-bond donors (Lipinski definition) is 1. The van der Waals surface area contributed by atoms with Gasteiger partial charge >= 0.3 is 5.97 Å². The summed E-state index contributed by atoms with van der Waals surface area (Å²) in [4.78, 5) is 15.7. The van der Waals surface area contributed by atoms with Crippen molar-refractivity contribution < 1.29 is 14.6 Å². The van der Waals surface area contributed by atoms with Crippen LogP contribution in [0.15, 0.2) is 46.9 Å². The third-order valence-electron chi connectivity index (χ3n) is 2.99. The second-order valence-corrected chi connectivity index (χ2v) is 5.15. The van der Waals surface area contributed by atoms with Gasteiger partial charge in [-0.15, -0.1) is 0 Å². The molecule has 104 valence electrons.